The summed E-state index contributed by atoms with van der Waals surface area (Å²) in [6.07, 6.45) is 5.49. The molecule has 7 rings (SSSR count). The van der Waals surface area contributed by atoms with Crippen LogP contribution in [0.25, 0.3) is 22.8 Å². The van der Waals surface area contributed by atoms with Crippen molar-refractivity contribution in [3.05, 3.63) is 58.6 Å². The summed E-state index contributed by atoms with van der Waals surface area (Å²) in [7, 11) is 0. The largest absolute Gasteiger partial charge is 0.375 e. The fourth-order valence-corrected chi connectivity index (χ4v) is 6.73. The van der Waals surface area contributed by atoms with Crippen LogP contribution in [-0.2, 0) is 14.3 Å². The van der Waals surface area contributed by atoms with E-state index < -0.39 is 18.2 Å². The first kappa shape index (κ1) is 32.1. The van der Waals surface area contributed by atoms with E-state index in [1.165, 1.54) is 12.4 Å². The van der Waals surface area contributed by atoms with Crippen molar-refractivity contribution < 1.29 is 19.1 Å². The molecule has 3 aliphatic heterocycles. The number of unbranched alkanes of at least 4 members (excludes halogenated alkanes) is 2. The molecule has 250 valence electrons. The van der Waals surface area contributed by atoms with Crippen LogP contribution in [0.15, 0.2) is 36.8 Å². The monoisotopic (exact) mass is 681 g/mol. The molecule has 4 amide bonds. The number of ether oxygens (including phenoxy) is 1. The van der Waals surface area contributed by atoms with Crippen LogP contribution in [0, 0.1) is 25.2 Å². The number of carbonyl (C=O) groups excluding carboxylic acids is 3. The number of nitrogens with zero attached hydrogens (tertiary/aromatic N) is 9. The van der Waals surface area contributed by atoms with E-state index in [2.05, 4.69) is 30.5 Å². The molecule has 0 aliphatic carbocycles. The number of urea groups is 1. The minimum atomic E-state index is -0.707. The first-order valence-corrected chi connectivity index (χ1v) is 16.4. The highest BCUT2D eigenvalue weighted by molar-refractivity contribution is 6.33. The number of carbonyl (C=O) groups is 3. The maximum atomic E-state index is 13.5. The molecule has 2 saturated heterocycles. The van der Waals surface area contributed by atoms with Gasteiger partial charge in [-0.25, -0.2) is 29.6 Å². The van der Waals surface area contributed by atoms with Crippen LogP contribution in [0.2, 0.25) is 5.02 Å². The van der Waals surface area contributed by atoms with Gasteiger partial charge in [-0.05, 0) is 69.4 Å². The maximum absolute atomic E-state index is 13.5. The van der Waals surface area contributed by atoms with Gasteiger partial charge in [-0.1, -0.05) is 11.6 Å². The van der Waals surface area contributed by atoms with Crippen molar-refractivity contribution in [2.75, 3.05) is 41.4 Å². The number of pyridine rings is 1. The number of benzene rings is 1. The number of anilines is 3. The zero-order valence-corrected chi connectivity index (χ0v) is 27.6. The smallest absolute Gasteiger partial charge is 0.332 e. The number of halogens is 1. The third-order valence-corrected chi connectivity index (χ3v) is 9.54. The number of fused-ring (bicyclic) bond motifs is 2. The number of aromatic nitrogens is 6. The standard InChI is InChI=1S/C33H32ClN11O4/c1-18-24(9-6-20(14-35)27(18)34)45-32(47)28-25(10-12-44(28)33(45)48)49-13-5-3-4-11-43-26(46)16-37-30-31(43)41-23(15-36-30)21-7-8-22(40-19(21)2)29-38-17-39-42-29/h6-9,15,17,25,28H,3-5,10-13,16H2,1-2H3,(H,36,37)(H,38,39,42)/t25-,28+/m1/s1. The van der Waals surface area contributed by atoms with Gasteiger partial charge in [0.2, 0.25) is 5.91 Å². The summed E-state index contributed by atoms with van der Waals surface area (Å²) >= 11 is 6.32. The third kappa shape index (κ3) is 5.83. The fraction of sp³-hybridized carbons (Fsp3) is 0.364. The molecule has 2 N–H and O–H groups in total. The van der Waals surface area contributed by atoms with Crippen LogP contribution < -0.4 is 15.1 Å². The van der Waals surface area contributed by atoms with Crippen molar-refractivity contribution in [2.45, 2.75) is 51.7 Å². The van der Waals surface area contributed by atoms with E-state index in [1.807, 2.05) is 25.1 Å². The van der Waals surface area contributed by atoms with Gasteiger partial charge < -0.3 is 15.0 Å². The SMILES string of the molecule is Cc1nc(-c2nc[nH]n2)ccc1-c1cnc2c(n1)N(CCCCCO[C@@H]1CCN3C(=O)N(c4ccc(C#N)c(Cl)c4C)C(=O)[C@H]13)C(=O)CN2. The van der Waals surface area contributed by atoms with Gasteiger partial charge in [-0.2, -0.15) is 10.4 Å². The zero-order chi connectivity index (χ0) is 34.2. The molecule has 0 radical (unpaired) electrons. The fourth-order valence-electron chi connectivity index (χ4n) is 6.52. The number of H-pyrrole nitrogens is 1. The van der Waals surface area contributed by atoms with Gasteiger partial charge in [-0.15, -0.1) is 0 Å². The van der Waals surface area contributed by atoms with Crippen molar-refractivity contribution in [2.24, 2.45) is 0 Å². The summed E-state index contributed by atoms with van der Waals surface area (Å²) in [6, 6.07) is 7.71. The Morgan fingerprint density at radius 3 is 2.69 bits per heavy atom. The number of imide groups is 1. The molecule has 3 aromatic heterocycles. The van der Waals surface area contributed by atoms with Gasteiger partial charge in [0.1, 0.15) is 24.1 Å². The molecular formula is C33H32ClN11O4. The van der Waals surface area contributed by atoms with Crippen LogP contribution in [0.3, 0.4) is 0 Å². The van der Waals surface area contributed by atoms with Gasteiger partial charge in [0, 0.05) is 31.0 Å². The number of nitriles is 1. The van der Waals surface area contributed by atoms with E-state index in [9.17, 15) is 19.6 Å². The molecule has 15 nitrogen and oxygen atoms in total. The van der Waals surface area contributed by atoms with Crippen molar-refractivity contribution in [1.29, 1.82) is 5.26 Å². The summed E-state index contributed by atoms with van der Waals surface area (Å²) in [5.74, 6) is 1.06. The molecule has 3 aliphatic rings. The molecule has 6 heterocycles. The molecule has 4 aromatic rings. The predicted molar refractivity (Wildman–Crippen MR) is 179 cm³/mol. The Balaban J connectivity index is 0.945. The van der Waals surface area contributed by atoms with Crippen molar-refractivity contribution in [1.82, 2.24) is 35.0 Å². The highest BCUT2D eigenvalue weighted by Crippen LogP contribution is 2.37. The van der Waals surface area contributed by atoms with Gasteiger partial charge in [-0.3, -0.25) is 19.6 Å². The normalized spacial score (nSPS) is 18.5. The number of amides is 4. The van der Waals surface area contributed by atoms with E-state index in [-0.39, 0.29) is 28.9 Å². The number of hydrogen-bond acceptors (Lipinski definition) is 11. The number of nitrogens with one attached hydrogen (secondary N) is 2. The Hall–Kier alpha value is -5.46. The van der Waals surface area contributed by atoms with Crippen molar-refractivity contribution >= 4 is 46.8 Å². The van der Waals surface area contributed by atoms with E-state index in [0.29, 0.717) is 79.1 Å². The number of rotatable bonds is 10. The van der Waals surface area contributed by atoms with E-state index >= 15 is 0 Å². The van der Waals surface area contributed by atoms with Crippen LogP contribution in [0.1, 0.15) is 42.5 Å². The van der Waals surface area contributed by atoms with E-state index in [0.717, 1.165) is 22.6 Å². The number of aryl methyl sites for hydroxylation is 1. The average molecular weight is 682 g/mol. The average Bonchev–Trinajstić information content (AvgIpc) is 3.84. The number of hydrogen-bond donors (Lipinski definition) is 2. The molecule has 0 saturated carbocycles. The van der Waals surface area contributed by atoms with Crippen molar-refractivity contribution in [3.8, 4) is 28.8 Å². The van der Waals surface area contributed by atoms with Gasteiger partial charge >= 0.3 is 6.03 Å². The Morgan fingerprint density at radius 2 is 1.92 bits per heavy atom. The Kier molecular flexibility index (Phi) is 8.66. The van der Waals surface area contributed by atoms with Crippen LogP contribution in [0.4, 0.5) is 22.1 Å². The van der Waals surface area contributed by atoms with Gasteiger partial charge in [0.05, 0.1) is 40.8 Å². The Bertz CT molecular complexity index is 2000. The Morgan fingerprint density at radius 1 is 1.06 bits per heavy atom. The molecular weight excluding hydrogens is 650 g/mol. The predicted octanol–water partition coefficient (Wildman–Crippen LogP) is 4.02. The summed E-state index contributed by atoms with van der Waals surface area (Å²) in [5.41, 5.74) is 3.91. The lowest BCUT2D eigenvalue weighted by atomic mass is 10.1. The summed E-state index contributed by atoms with van der Waals surface area (Å²) in [5, 5.41) is 19.3. The lowest BCUT2D eigenvalue weighted by molar-refractivity contribution is -0.122. The molecule has 16 heteroatoms. The summed E-state index contributed by atoms with van der Waals surface area (Å²) in [4.78, 5) is 62.2. The molecule has 49 heavy (non-hydrogen) atoms. The highest BCUT2D eigenvalue weighted by atomic mass is 35.5. The first-order valence-electron chi connectivity index (χ1n) is 16.0. The first-order chi connectivity index (χ1) is 23.8. The van der Waals surface area contributed by atoms with Gasteiger partial charge in [0.25, 0.3) is 5.91 Å². The van der Waals surface area contributed by atoms with Crippen LogP contribution in [0.5, 0.6) is 0 Å². The van der Waals surface area contributed by atoms with Gasteiger partial charge in [0.15, 0.2) is 17.5 Å². The minimum Gasteiger partial charge on any atom is -0.375 e. The minimum absolute atomic E-state index is 0.0937. The van der Waals surface area contributed by atoms with Crippen molar-refractivity contribution in [3.63, 3.8) is 0 Å². The highest BCUT2D eigenvalue weighted by Gasteiger charge is 2.53. The lowest BCUT2D eigenvalue weighted by Crippen LogP contribution is -2.41. The Labute approximate surface area is 286 Å². The van der Waals surface area contributed by atoms with Crippen LogP contribution in [-0.4, -0.2) is 91.3 Å². The van der Waals surface area contributed by atoms with Crippen LogP contribution >= 0.6 is 11.6 Å². The topological polar surface area (TPSA) is 186 Å². The molecule has 2 fully saturated rings. The molecule has 0 spiro atoms. The molecule has 1 aromatic carbocycles. The lowest BCUT2D eigenvalue weighted by Gasteiger charge is -2.28. The quantitative estimate of drug-likeness (QED) is 0.182. The molecule has 2 atom stereocenters. The summed E-state index contributed by atoms with van der Waals surface area (Å²) in [6.45, 7) is 4.97. The summed E-state index contributed by atoms with van der Waals surface area (Å²) < 4.78 is 6.15. The molecule has 0 bridgehead atoms. The second-order valence-electron chi connectivity index (χ2n) is 12.0. The molecule has 0 unspecified atom stereocenters. The third-order valence-electron chi connectivity index (χ3n) is 9.05. The second-order valence-corrected chi connectivity index (χ2v) is 12.4. The zero-order valence-electron chi connectivity index (χ0n) is 26.8. The van der Waals surface area contributed by atoms with E-state index in [1.54, 1.807) is 29.0 Å². The van der Waals surface area contributed by atoms with E-state index in [4.69, 9.17) is 21.3 Å². The number of aromatic amines is 1. The maximum Gasteiger partial charge on any atom is 0.332 e. The second kappa shape index (κ2) is 13.2.